The van der Waals surface area contributed by atoms with Gasteiger partial charge in [0.25, 0.3) is 11.8 Å². The van der Waals surface area contributed by atoms with Crippen LogP contribution in [-0.4, -0.2) is 23.9 Å². The van der Waals surface area contributed by atoms with Crippen molar-refractivity contribution in [1.29, 1.82) is 0 Å². The van der Waals surface area contributed by atoms with Gasteiger partial charge in [-0.25, -0.2) is 14.3 Å². The Morgan fingerprint density at radius 1 is 1.04 bits per heavy atom. The van der Waals surface area contributed by atoms with Crippen molar-refractivity contribution in [2.75, 3.05) is 9.91 Å². The predicted octanol–water partition coefficient (Wildman–Crippen LogP) is 3.29. The molecule has 0 unspecified atom stereocenters. The minimum atomic E-state index is -0.937. The van der Waals surface area contributed by atoms with Gasteiger partial charge in [-0.05, 0) is 48.9 Å². The van der Waals surface area contributed by atoms with Gasteiger partial charge in [0, 0.05) is 5.02 Å². The first kappa shape index (κ1) is 15.7. The first-order valence-electron chi connectivity index (χ1n) is 7.57. The first-order chi connectivity index (χ1) is 12.0. The van der Waals surface area contributed by atoms with Gasteiger partial charge in [-0.3, -0.25) is 9.59 Å². The lowest BCUT2D eigenvalue weighted by atomic mass is 10.1. The number of fused-ring (bicyclic) bond motifs is 1. The Bertz CT molecular complexity index is 915. The van der Waals surface area contributed by atoms with E-state index in [0.717, 1.165) is 4.90 Å². The van der Waals surface area contributed by atoms with Crippen molar-refractivity contribution < 1.29 is 14.0 Å². The third kappa shape index (κ3) is 2.39. The zero-order valence-corrected chi connectivity index (χ0v) is 13.8. The van der Waals surface area contributed by atoms with Gasteiger partial charge in [-0.15, -0.1) is 0 Å². The summed E-state index contributed by atoms with van der Waals surface area (Å²) in [6.07, 6.45) is 0. The number of aryl methyl sites for hydroxylation is 1. The molecule has 2 heterocycles. The average Bonchev–Trinajstić information content (AvgIpc) is 3.12. The number of carbonyl (C=O) groups excluding carboxylic acids is 2. The van der Waals surface area contributed by atoms with Gasteiger partial charge in [0.05, 0.1) is 11.4 Å². The third-order valence-electron chi connectivity index (χ3n) is 4.29. The highest BCUT2D eigenvalue weighted by Crippen LogP contribution is 2.35. The molecule has 0 spiro atoms. The van der Waals surface area contributed by atoms with Crippen LogP contribution in [0.15, 0.2) is 52.8 Å². The summed E-state index contributed by atoms with van der Waals surface area (Å²) in [4.78, 5) is 26.4. The van der Waals surface area contributed by atoms with E-state index in [2.05, 4.69) is 10.3 Å². The van der Waals surface area contributed by atoms with E-state index in [1.807, 2.05) is 0 Å². The van der Waals surface area contributed by atoms with Gasteiger partial charge in [0.1, 0.15) is 5.82 Å². The summed E-state index contributed by atoms with van der Waals surface area (Å²) in [7, 11) is 0. The number of hydrogen-bond acceptors (Lipinski definition) is 5. The largest absolute Gasteiger partial charge is 0.271 e. The highest BCUT2D eigenvalue weighted by molar-refractivity contribution is 6.30. The Kier molecular flexibility index (Phi) is 3.54. The maximum absolute atomic E-state index is 13.8. The zero-order chi connectivity index (χ0) is 17.7. The Balaban J connectivity index is 1.70. The van der Waals surface area contributed by atoms with Crippen molar-refractivity contribution in [3.8, 4) is 0 Å². The Morgan fingerprint density at radius 2 is 1.72 bits per heavy atom. The number of hydrogen-bond donors (Lipinski definition) is 0. The molecule has 2 aromatic rings. The molecule has 1 fully saturated rings. The lowest BCUT2D eigenvalue weighted by Gasteiger charge is -2.20. The SMILES string of the molecule is Cc1ccc(N2C(=O)[C@H]3N=NN(c4ccc(Cl)cc4)[C@@H]3C2=O)cc1F. The van der Waals surface area contributed by atoms with Gasteiger partial charge in [0.15, 0.2) is 12.1 Å². The number of halogens is 2. The molecular weight excluding hydrogens is 347 g/mol. The molecule has 0 aromatic heterocycles. The summed E-state index contributed by atoms with van der Waals surface area (Å²) in [6, 6.07) is 9.13. The van der Waals surface area contributed by atoms with Crippen molar-refractivity contribution in [2.24, 2.45) is 10.3 Å². The molecule has 2 aliphatic heterocycles. The number of carbonyl (C=O) groups is 2. The fourth-order valence-corrected chi connectivity index (χ4v) is 3.07. The summed E-state index contributed by atoms with van der Waals surface area (Å²) in [6.45, 7) is 1.61. The van der Waals surface area contributed by atoms with E-state index in [9.17, 15) is 14.0 Å². The van der Waals surface area contributed by atoms with E-state index in [4.69, 9.17) is 11.6 Å². The summed E-state index contributed by atoms with van der Waals surface area (Å²) in [5.41, 5.74) is 1.23. The van der Waals surface area contributed by atoms with Crippen LogP contribution >= 0.6 is 11.6 Å². The predicted molar refractivity (Wildman–Crippen MR) is 90.0 cm³/mol. The van der Waals surface area contributed by atoms with Crippen molar-refractivity contribution >= 4 is 34.8 Å². The molecule has 6 nitrogen and oxygen atoms in total. The average molecular weight is 359 g/mol. The topological polar surface area (TPSA) is 65.3 Å². The summed E-state index contributed by atoms with van der Waals surface area (Å²) in [5, 5.41) is 9.83. The van der Waals surface area contributed by atoms with E-state index >= 15 is 0 Å². The molecule has 1 saturated heterocycles. The van der Waals surface area contributed by atoms with Gasteiger partial charge in [-0.1, -0.05) is 22.9 Å². The molecule has 0 radical (unpaired) electrons. The molecule has 0 saturated carbocycles. The smallest absolute Gasteiger partial charge is 0.263 e. The fraction of sp³-hybridized carbons (Fsp3) is 0.176. The van der Waals surface area contributed by atoms with E-state index < -0.39 is 29.7 Å². The molecular formula is C17H12ClFN4O2. The van der Waals surface area contributed by atoms with E-state index in [0.29, 0.717) is 16.3 Å². The van der Waals surface area contributed by atoms with Crippen molar-refractivity contribution in [2.45, 2.75) is 19.0 Å². The number of nitrogens with zero attached hydrogens (tertiary/aromatic N) is 4. The third-order valence-corrected chi connectivity index (χ3v) is 4.54. The highest BCUT2D eigenvalue weighted by atomic mass is 35.5. The molecule has 2 aromatic carbocycles. The van der Waals surface area contributed by atoms with Crippen LogP contribution in [-0.2, 0) is 9.59 Å². The molecule has 0 bridgehead atoms. The minimum Gasteiger partial charge on any atom is -0.271 e. The number of amides is 2. The lowest BCUT2D eigenvalue weighted by Crippen LogP contribution is -2.39. The molecule has 25 heavy (non-hydrogen) atoms. The Hall–Kier alpha value is -2.80. The maximum atomic E-state index is 13.8. The van der Waals surface area contributed by atoms with Crippen molar-refractivity contribution in [3.63, 3.8) is 0 Å². The molecule has 2 atom stereocenters. The van der Waals surface area contributed by atoms with E-state index in [1.54, 1.807) is 37.3 Å². The zero-order valence-electron chi connectivity index (χ0n) is 13.1. The summed E-state index contributed by atoms with van der Waals surface area (Å²) in [5.74, 6) is -1.48. The number of benzene rings is 2. The first-order valence-corrected chi connectivity index (χ1v) is 7.95. The van der Waals surface area contributed by atoms with Crippen molar-refractivity contribution in [1.82, 2.24) is 0 Å². The molecule has 2 amide bonds. The van der Waals surface area contributed by atoms with Crippen LogP contribution in [0.1, 0.15) is 5.56 Å². The maximum Gasteiger partial charge on any atom is 0.263 e. The molecule has 4 rings (SSSR count). The molecule has 8 heteroatoms. The van der Waals surface area contributed by atoms with Crippen LogP contribution < -0.4 is 9.91 Å². The second-order valence-electron chi connectivity index (χ2n) is 5.86. The quantitative estimate of drug-likeness (QED) is 0.774. The fourth-order valence-electron chi connectivity index (χ4n) is 2.94. The second kappa shape index (κ2) is 5.63. The standard InChI is InChI=1S/C17H12ClFN4O2/c1-9-2-5-12(8-13(9)19)22-16(24)14-15(17(22)25)23(21-20-14)11-6-3-10(18)4-7-11/h2-8,14-15H,1H3/t14-,15-/m0/s1. The molecule has 0 aliphatic carbocycles. The van der Waals surface area contributed by atoms with Crippen LogP contribution in [0.5, 0.6) is 0 Å². The van der Waals surface area contributed by atoms with Crippen LogP contribution in [0.3, 0.4) is 0 Å². The number of anilines is 2. The van der Waals surface area contributed by atoms with Crippen LogP contribution in [0.25, 0.3) is 0 Å². The van der Waals surface area contributed by atoms with Crippen LogP contribution in [0.2, 0.25) is 5.02 Å². The Labute approximate surface area is 147 Å². The normalized spacial score (nSPS) is 22.0. The van der Waals surface area contributed by atoms with Gasteiger partial charge in [0.2, 0.25) is 0 Å². The van der Waals surface area contributed by atoms with E-state index in [-0.39, 0.29) is 5.69 Å². The summed E-state index contributed by atoms with van der Waals surface area (Å²) < 4.78 is 13.8. The summed E-state index contributed by atoms with van der Waals surface area (Å²) >= 11 is 5.87. The van der Waals surface area contributed by atoms with Crippen LogP contribution in [0.4, 0.5) is 15.8 Å². The minimum absolute atomic E-state index is 0.193. The number of imide groups is 1. The van der Waals surface area contributed by atoms with Crippen molar-refractivity contribution in [3.05, 3.63) is 58.9 Å². The van der Waals surface area contributed by atoms with Gasteiger partial charge >= 0.3 is 0 Å². The van der Waals surface area contributed by atoms with Gasteiger partial charge in [-0.2, -0.15) is 5.11 Å². The second-order valence-corrected chi connectivity index (χ2v) is 6.30. The van der Waals surface area contributed by atoms with Crippen LogP contribution in [0, 0.1) is 12.7 Å². The van der Waals surface area contributed by atoms with Gasteiger partial charge < -0.3 is 0 Å². The van der Waals surface area contributed by atoms with E-state index in [1.165, 1.54) is 17.1 Å². The molecule has 126 valence electrons. The Morgan fingerprint density at radius 3 is 2.40 bits per heavy atom. The number of rotatable bonds is 2. The molecule has 2 aliphatic rings. The monoisotopic (exact) mass is 358 g/mol. The molecule has 0 N–H and O–H groups in total. The highest BCUT2D eigenvalue weighted by Gasteiger charge is 2.55. The lowest BCUT2D eigenvalue weighted by molar-refractivity contribution is -0.121.